The third-order valence-corrected chi connectivity index (χ3v) is 5.70. The molecule has 2 aromatic rings. The molecule has 0 aliphatic carbocycles. The number of nitro benzene ring substituents is 1. The molecule has 0 N–H and O–H groups in total. The van der Waals surface area contributed by atoms with E-state index in [1.165, 1.54) is 11.0 Å². The maximum absolute atomic E-state index is 12.2. The Hall–Kier alpha value is -2.58. The summed E-state index contributed by atoms with van der Waals surface area (Å²) in [6.45, 7) is 0.273. The molecule has 2 aromatic carbocycles. The molecule has 10 heteroatoms. The van der Waals surface area contributed by atoms with Crippen molar-refractivity contribution in [3.05, 3.63) is 63.7 Å². The molecule has 0 spiro atoms. The molecule has 0 saturated carbocycles. The second-order valence-corrected chi connectivity index (χ2v) is 9.47. The zero-order valence-corrected chi connectivity index (χ0v) is 18.9. The molecule has 0 bridgehead atoms. The Morgan fingerprint density at radius 1 is 1.03 bits per heavy atom. The number of ether oxygens (including phenoxy) is 1. The van der Waals surface area contributed by atoms with Crippen molar-refractivity contribution in [3.8, 4) is 11.5 Å². The summed E-state index contributed by atoms with van der Waals surface area (Å²) >= 11 is 0. The number of nitrogens with zero attached hydrogens (tertiary/aromatic N) is 4. The number of rotatable bonds is 9. The van der Waals surface area contributed by atoms with Gasteiger partial charge in [0.25, 0.3) is 5.91 Å². The van der Waals surface area contributed by atoms with Crippen LogP contribution in [0.1, 0.15) is 15.9 Å². The first-order valence-corrected chi connectivity index (χ1v) is 10.3. The zero-order chi connectivity index (χ0) is 22.4. The molecule has 0 saturated heterocycles. The van der Waals surface area contributed by atoms with Crippen molar-refractivity contribution in [1.29, 1.82) is 0 Å². The molecule has 0 fully saturated rings. The summed E-state index contributed by atoms with van der Waals surface area (Å²) in [6.07, 6.45) is 0. The van der Waals surface area contributed by atoms with Gasteiger partial charge in [-0.15, -0.1) is 0 Å². The molecule has 2 rings (SSSR count). The van der Waals surface area contributed by atoms with Crippen LogP contribution in [0.4, 0.5) is 5.69 Å². The van der Waals surface area contributed by atoms with Crippen molar-refractivity contribution in [2.24, 2.45) is 0 Å². The number of carbonyl (C=O) groups is 1. The van der Waals surface area contributed by atoms with Crippen LogP contribution in [0, 0.1) is 10.1 Å². The second-order valence-electron chi connectivity index (χ2n) is 7.11. The molecule has 0 aliphatic heterocycles. The minimum atomic E-state index is -0.948. The Kier molecular flexibility index (Phi) is 8.25. The van der Waals surface area contributed by atoms with Gasteiger partial charge < -0.3 is 14.2 Å². The van der Waals surface area contributed by atoms with E-state index in [-0.39, 0.29) is 24.0 Å². The zero-order valence-electron chi connectivity index (χ0n) is 18.0. The maximum Gasteiger partial charge on any atom is 0.311 e. The SMILES string of the molecule is CN(C)C(=O)c1cccc(Oc2cc(COP(N(C)C)N(C)C)ccc2[N+](=O)[O-])c1. The average Bonchev–Trinajstić information content (AvgIpc) is 2.67. The summed E-state index contributed by atoms with van der Waals surface area (Å²) in [5, 5.41) is 11.5. The summed E-state index contributed by atoms with van der Waals surface area (Å²) in [5.41, 5.74) is 1.01. The van der Waals surface area contributed by atoms with Gasteiger partial charge in [0.1, 0.15) is 5.75 Å². The van der Waals surface area contributed by atoms with Gasteiger partial charge in [0, 0.05) is 25.7 Å². The molecule has 9 nitrogen and oxygen atoms in total. The van der Waals surface area contributed by atoms with E-state index >= 15 is 0 Å². The van der Waals surface area contributed by atoms with E-state index in [9.17, 15) is 14.9 Å². The third-order valence-electron chi connectivity index (χ3n) is 3.97. The van der Waals surface area contributed by atoms with Gasteiger partial charge >= 0.3 is 5.69 Å². The quantitative estimate of drug-likeness (QED) is 0.335. The Bertz CT molecular complexity index is 897. The van der Waals surface area contributed by atoms with Gasteiger partial charge in [0.15, 0.2) is 8.45 Å². The number of hydrogen-bond acceptors (Lipinski definition) is 7. The van der Waals surface area contributed by atoms with E-state index in [1.807, 2.05) is 37.5 Å². The predicted octanol–water partition coefficient (Wildman–Crippen LogP) is 3.96. The normalized spacial score (nSPS) is 11.2. The first kappa shape index (κ1) is 23.7. The molecular formula is C20H27N4O5P. The summed E-state index contributed by atoms with van der Waals surface area (Å²) in [5.74, 6) is 0.250. The summed E-state index contributed by atoms with van der Waals surface area (Å²) in [4.78, 5) is 24.6. The van der Waals surface area contributed by atoms with Gasteiger partial charge in [-0.3, -0.25) is 24.2 Å². The first-order valence-electron chi connectivity index (χ1n) is 9.14. The Morgan fingerprint density at radius 2 is 1.70 bits per heavy atom. The highest BCUT2D eigenvalue weighted by molar-refractivity contribution is 7.47. The molecule has 0 aromatic heterocycles. The summed E-state index contributed by atoms with van der Waals surface area (Å²) < 4.78 is 15.7. The number of benzene rings is 2. The maximum atomic E-state index is 12.2. The lowest BCUT2D eigenvalue weighted by Gasteiger charge is -2.28. The topological polar surface area (TPSA) is 88.4 Å². The van der Waals surface area contributed by atoms with Crippen LogP contribution in [0.3, 0.4) is 0 Å². The fourth-order valence-electron chi connectivity index (χ4n) is 2.68. The van der Waals surface area contributed by atoms with Crippen molar-refractivity contribution in [1.82, 2.24) is 14.2 Å². The van der Waals surface area contributed by atoms with E-state index in [1.54, 1.807) is 50.5 Å². The monoisotopic (exact) mass is 434 g/mol. The minimum absolute atomic E-state index is 0.0922. The molecule has 30 heavy (non-hydrogen) atoms. The van der Waals surface area contributed by atoms with E-state index in [0.29, 0.717) is 11.3 Å². The van der Waals surface area contributed by atoms with Crippen LogP contribution in [0.2, 0.25) is 0 Å². The Balaban J connectivity index is 2.28. The number of hydrogen-bond donors (Lipinski definition) is 0. The van der Waals surface area contributed by atoms with Crippen LogP contribution in [-0.4, -0.2) is 67.4 Å². The highest BCUT2D eigenvalue weighted by Crippen LogP contribution is 2.42. The van der Waals surface area contributed by atoms with Crippen LogP contribution < -0.4 is 4.74 Å². The van der Waals surface area contributed by atoms with E-state index < -0.39 is 13.4 Å². The summed E-state index contributed by atoms with van der Waals surface area (Å²) in [6, 6.07) is 11.2. The van der Waals surface area contributed by atoms with Crippen LogP contribution in [-0.2, 0) is 11.1 Å². The van der Waals surface area contributed by atoms with Crippen LogP contribution >= 0.6 is 8.45 Å². The second kappa shape index (κ2) is 10.4. The fourth-order valence-corrected chi connectivity index (χ4v) is 4.12. The summed E-state index contributed by atoms with van der Waals surface area (Å²) in [7, 11) is 10.1. The molecule has 0 unspecified atom stereocenters. The molecule has 0 atom stereocenters. The minimum Gasteiger partial charge on any atom is -0.450 e. The van der Waals surface area contributed by atoms with E-state index in [4.69, 9.17) is 9.26 Å². The van der Waals surface area contributed by atoms with E-state index in [0.717, 1.165) is 5.56 Å². The first-order chi connectivity index (χ1) is 14.1. The van der Waals surface area contributed by atoms with Gasteiger partial charge in [-0.1, -0.05) is 6.07 Å². The lowest BCUT2D eigenvalue weighted by atomic mass is 10.2. The predicted molar refractivity (Wildman–Crippen MR) is 117 cm³/mol. The van der Waals surface area contributed by atoms with Gasteiger partial charge in [-0.2, -0.15) is 0 Å². The molecule has 162 valence electrons. The number of amides is 1. The number of nitro groups is 1. The Labute approximate surface area is 177 Å². The smallest absolute Gasteiger partial charge is 0.311 e. The highest BCUT2D eigenvalue weighted by Gasteiger charge is 2.20. The molecule has 0 radical (unpaired) electrons. The van der Waals surface area contributed by atoms with Crippen molar-refractivity contribution in [3.63, 3.8) is 0 Å². The van der Waals surface area contributed by atoms with Crippen LogP contribution in [0.15, 0.2) is 42.5 Å². The standard InChI is InChI=1S/C20H27N4O5P/c1-21(2)20(25)16-8-7-9-17(13-16)29-19-12-15(10-11-18(19)24(26)27)14-28-30(22(3)4)23(5)6/h7-13H,14H2,1-6H3. The van der Waals surface area contributed by atoms with Crippen molar-refractivity contribution < 1.29 is 19.0 Å². The molecule has 0 aliphatic rings. The van der Waals surface area contributed by atoms with Gasteiger partial charge in [-0.05, 0) is 64.1 Å². The fraction of sp³-hybridized carbons (Fsp3) is 0.350. The van der Waals surface area contributed by atoms with Crippen LogP contribution in [0.25, 0.3) is 0 Å². The Morgan fingerprint density at radius 3 is 2.27 bits per heavy atom. The van der Waals surface area contributed by atoms with Gasteiger partial charge in [0.2, 0.25) is 5.75 Å². The lowest BCUT2D eigenvalue weighted by molar-refractivity contribution is -0.385. The molecular weight excluding hydrogens is 407 g/mol. The average molecular weight is 434 g/mol. The third kappa shape index (κ3) is 6.21. The lowest BCUT2D eigenvalue weighted by Crippen LogP contribution is -2.21. The van der Waals surface area contributed by atoms with Gasteiger partial charge in [0.05, 0.1) is 11.5 Å². The largest absolute Gasteiger partial charge is 0.450 e. The van der Waals surface area contributed by atoms with Gasteiger partial charge in [-0.25, -0.2) is 0 Å². The van der Waals surface area contributed by atoms with Crippen molar-refractivity contribution in [2.75, 3.05) is 42.3 Å². The molecule has 0 heterocycles. The molecule has 1 amide bonds. The highest BCUT2D eigenvalue weighted by atomic mass is 31.2. The van der Waals surface area contributed by atoms with Crippen molar-refractivity contribution in [2.45, 2.75) is 6.61 Å². The van der Waals surface area contributed by atoms with Crippen molar-refractivity contribution >= 4 is 20.0 Å². The number of carbonyl (C=O) groups excluding carboxylic acids is 1. The van der Waals surface area contributed by atoms with E-state index in [2.05, 4.69) is 0 Å². The van der Waals surface area contributed by atoms with Crippen LogP contribution in [0.5, 0.6) is 11.5 Å².